The lowest BCUT2D eigenvalue weighted by molar-refractivity contribution is -0.384. The number of nitro benzene ring substituents is 1. The highest BCUT2D eigenvalue weighted by Crippen LogP contribution is 2.26. The molecule has 1 heterocycles. The number of rotatable bonds is 9. The van der Waals surface area contributed by atoms with E-state index < -0.39 is 4.92 Å². The zero-order valence-corrected chi connectivity index (χ0v) is 18.4. The van der Waals surface area contributed by atoms with E-state index in [0.717, 1.165) is 49.6 Å². The third-order valence-electron chi connectivity index (χ3n) is 5.95. The minimum Gasteiger partial charge on any atom is -0.379 e. The lowest BCUT2D eigenvalue weighted by Gasteiger charge is -2.30. The van der Waals surface area contributed by atoms with E-state index in [9.17, 15) is 14.9 Å². The fourth-order valence-corrected chi connectivity index (χ4v) is 3.93. The van der Waals surface area contributed by atoms with Gasteiger partial charge in [-0.15, -0.1) is 0 Å². The van der Waals surface area contributed by atoms with Crippen LogP contribution in [0.4, 0.5) is 17.1 Å². The summed E-state index contributed by atoms with van der Waals surface area (Å²) in [5.41, 5.74) is 2.38. The van der Waals surface area contributed by atoms with Gasteiger partial charge >= 0.3 is 0 Å². The Bertz CT molecular complexity index is 907. The summed E-state index contributed by atoms with van der Waals surface area (Å²) in [4.78, 5) is 26.3. The first-order valence-electron chi connectivity index (χ1n) is 11.1. The van der Waals surface area contributed by atoms with Crippen LogP contribution in [-0.4, -0.2) is 41.9 Å². The van der Waals surface area contributed by atoms with E-state index in [0.29, 0.717) is 12.2 Å². The quantitative estimate of drug-likeness (QED) is 0.338. The van der Waals surface area contributed by atoms with Gasteiger partial charge in [0.2, 0.25) is 0 Å². The van der Waals surface area contributed by atoms with Crippen molar-refractivity contribution in [1.82, 2.24) is 4.90 Å². The molecule has 0 aliphatic carbocycles. The van der Waals surface area contributed by atoms with Crippen molar-refractivity contribution in [1.29, 1.82) is 0 Å². The molecule has 2 aromatic carbocycles. The fourth-order valence-electron chi connectivity index (χ4n) is 3.93. The molecule has 1 aliphatic heterocycles. The summed E-state index contributed by atoms with van der Waals surface area (Å²) in [5.74, 6) is 0.457. The van der Waals surface area contributed by atoms with Gasteiger partial charge in [0.1, 0.15) is 5.69 Å². The number of likely N-dealkylation sites (tertiary alicyclic amines) is 1. The van der Waals surface area contributed by atoms with Crippen molar-refractivity contribution in [3.63, 3.8) is 0 Å². The first kappa shape index (κ1) is 22.7. The number of piperidine rings is 1. The minimum absolute atomic E-state index is 0.0803. The number of nitrogens with one attached hydrogen (secondary N) is 2. The Morgan fingerprint density at radius 3 is 2.61 bits per heavy atom. The number of carbonyl (C=O) groups is 1. The third kappa shape index (κ3) is 6.28. The summed E-state index contributed by atoms with van der Waals surface area (Å²) in [6.07, 6.45) is 4.19. The van der Waals surface area contributed by atoms with Crippen LogP contribution in [0.1, 0.15) is 49.0 Å². The summed E-state index contributed by atoms with van der Waals surface area (Å²) in [5, 5.41) is 17.6. The molecule has 0 unspecified atom stereocenters. The van der Waals surface area contributed by atoms with Crippen LogP contribution in [-0.2, 0) is 6.42 Å². The number of amides is 1. The monoisotopic (exact) mass is 424 g/mol. The van der Waals surface area contributed by atoms with Crippen molar-refractivity contribution < 1.29 is 9.72 Å². The van der Waals surface area contributed by atoms with Gasteiger partial charge in [-0.2, -0.15) is 0 Å². The maximum atomic E-state index is 12.7. The Morgan fingerprint density at radius 1 is 1.16 bits per heavy atom. The zero-order valence-electron chi connectivity index (χ0n) is 18.4. The molecule has 0 radical (unpaired) electrons. The van der Waals surface area contributed by atoms with Crippen LogP contribution in [0.25, 0.3) is 0 Å². The fraction of sp³-hybridized carbons (Fsp3) is 0.458. The zero-order chi connectivity index (χ0) is 22.2. The predicted octanol–water partition coefficient (Wildman–Crippen LogP) is 4.94. The molecule has 1 saturated heterocycles. The van der Waals surface area contributed by atoms with E-state index >= 15 is 0 Å². The molecule has 7 heteroatoms. The Balaban J connectivity index is 1.60. The average Bonchev–Trinajstić information content (AvgIpc) is 2.78. The number of aryl methyl sites for hydroxylation is 1. The molecule has 0 spiro atoms. The van der Waals surface area contributed by atoms with Crippen molar-refractivity contribution in [2.45, 2.75) is 39.5 Å². The molecular formula is C24H32N4O3. The second-order valence-electron chi connectivity index (χ2n) is 8.26. The number of carbonyl (C=O) groups excluding carboxylic acids is 1. The highest BCUT2D eigenvalue weighted by molar-refractivity contribution is 6.05. The summed E-state index contributed by atoms with van der Waals surface area (Å²) >= 11 is 0. The summed E-state index contributed by atoms with van der Waals surface area (Å²) in [7, 11) is 0. The number of para-hydroxylation sites is 1. The van der Waals surface area contributed by atoms with Gasteiger partial charge in [0.25, 0.3) is 11.6 Å². The molecule has 1 fully saturated rings. The Kier molecular flexibility index (Phi) is 8.00. The maximum Gasteiger partial charge on any atom is 0.293 e. The first-order valence-corrected chi connectivity index (χ1v) is 11.1. The molecule has 0 atom stereocenters. The van der Waals surface area contributed by atoms with Crippen molar-refractivity contribution in [2.75, 3.05) is 36.8 Å². The Hall–Kier alpha value is -2.93. The van der Waals surface area contributed by atoms with Gasteiger partial charge in [0, 0.05) is 23.9 Å². The topological polar surface area (TPSA) is 87.5 Å². The van der Waals surface area contributed by atoms with E-state index in [4.69, 9.17) is 0 Å². The van der Waals surface area contributed by atoms with Crippen LogP contribution in [0.3, 0.4) is 0 Å². The lowest BCUT2D eigenvalue weighted by Crippen LogP contribution is -2.34. The molecule has 0 aromatic heterocycles. The highest BCUT2D eigenvalue weighted by Gasteiger charge is 2.19. The van der Waals surface area contributed by atoms with Gasteiger partial charge in [-0.25, -0.2) is 0 Å². The second kappa shape index (κ2) is 10.9. The molecule has 1 aliphatic rings. The minimum atomic E-state index is -0.439. The van der Waals surface area contributed by atoms with Crippen LogP contribution in [0, 0.1) is 16.0 Å². The number of hydrogen-bond acceptors (Lipinski definition) is 5. The molecule has 3 rings (SSSR count). The summed E-state index contributed by atoms with van der Waals surface area (Å²) in [6.45, 7) is 8.22. The van der Waals surface area contributed by atoms with Crippen LogP contribution in [0.5, 0.6) is 0 Å². The van der Waals surface area contributed by atoms with Gasteiger partial charge in [-0.1, -0.05) is 32.0 Å². The van der Waals surface area contributed by atoms with Crippen LogP contribution in [0.2, 0.25) is 0 Å². The lowest BCUT2D eigenvalue weighted by atomic mass is 9.99. The van der Waals surface area contributed by atoms with E-state index in [-0.39, 0.29) is 17.2 Å². The summed E-state index contributed by atoms with van der Waals surface area (Å²) in [6, 6.07) is 12.2. The number of benzene rings is 2. The van der Waals surface area contributed by atoms with E-state index in [1.54, 1.807) is 12.1 Å². The van der Waals surface area contributed by atoms with Crippen molar-refractivity contribution in [3.8, 4) is 0 Å². The largest absolute Gasteiger partial charge is 0.379 e. The highest BCUT2D eigenvalue weighted by atomic mass is 16.6. The van der Waals surface area contributed by atoms with Crippen LogP contribution < -0.4 is 10.6 Å². The van der Waals surface area contributed by atoms with E-state index in [1.807, 2.05) is 31.2 Å². The van der Waals surface area contributed by atoms with Gasteiger partial charge in [-0.05, 0) is 75.0 Å². The molecule has 7 nitrogen and oxygen atoms in total. The molecule has 1 amide bonds. The van der Waals surface area contributed by atoms with Crippen LogP contribution >= 0.6 is 0 Å². The number of nitrogens with zero attached hydrogens (tertiary/aromatic N) is 2. The molecule has 0 saturated carbocycles. The van der Waals surface area contributed by atoms with E-state index in [2.05, 4.69) is 22.5 Å². The molecule has 0 bridgehead atoms. The smallest absolute Gasteiger partial charge is 0.293 e. The maximum absolute atomic E-state index is 12.7. The van der Waals surface area contributed by atoms with Gasteiger partial charge in [-0.3, -0.25) is 14.9 Å². The van der Waals surface area contributed by atoms with Gasteiger partial charge in [0.05, 0.1) is 4.92 Å². The summed E-state index contributed by atoms with van der Waals surface area (Å²) < 4.78 is 0. The Labute approximate surface area is 184 Å². The molecular weight excluding hydrogens is 392 g/mol. The van der Waals surface area contributed by atoms with E-state index in [1.165, 1.54) is 18.9 Å². The molecule has 166 valence electrons. The van der Waals surface area contributed by atoms with Gasteiger partial charge < -0.3 is 15.5 Å². The van der Waals surface area contributed by atoms with Crippen molar-refractivity contribution in [3.05, 3.63) is 63.7 Å². The normalized spacial score (nSPS) is 14.9. The number of anilines is 2. The predicted molar refractivity (Wildman–Crippen MR) is 125 cm³/mol. The third-order valence-corrected chi connectivity index (χ3v) is 5.95. The van der Waals surface area contributed by atoms with Crippen molar-refractivity contribution in [2.24, 2.45) is 5.92 Å². The SMILES string of the molecule is CCc1ccccc1NC(=O)c1ccc(NCCCN2CCC(C)CC2)c([N+](=O)[O-])c1. The van der Waals surface area contributed by atoms with Crippen LogP contribution in [0.15, 0.2) is 42.5 Å². The molecule has 31 heavy (non-hydrogen) atoms. The molecule has 2 N–H and O–H groups in total. The number of hydrogen-bond donors (Lipinski definition) is 2. The first-order chi connectivity index (χ1) is 15.0. The number of nitro groups is 1. The standard InChI is InChI=1S/C24H32N4O3/c1-3-19-7-4-5-8-21(19)26-24(29)20-9-10-22(23(17-20)28(30)31)25-13-6-14-27-15-11-18(2)12-16-27/h4-5,7-10,17-18,25H,3,6,11-16H2,1-2H3,(H,26,29). The second-order valence-corrected chi connectivity index (χ2v) is 8.26. The average molecular weight is 425 g/mol. The van der Waals surface area contributed by atoms with Gasteiger partial charge in [0.15, 0.2) is 0 Å². The Morgan fingerprint density at radius 2 is 1.90 bits per heavy atom. The van der Waals surface area contributed by atoms with Crippen molar-refractivity contribution >= 4 is 23.0 Å². The molecule has 2 aromatic rings.